The second-order valence-electron chi connectivity index (χ2n) is 7.85. The number of carbonyl (C=O) groups is 1. The van der Waals surface area contributed by atoms with Crippen molar-refractivity contribution in [2.75, 3.05) is 25.0 Å². The molecule has 4 N–H and O–H groups in total. The highest BCUT2D eigenvalue weighted by atomic mass is 127. The number of hydrogen-bond acceptors (Lipinski definition) is 3. The molecule has 2 aromatic rings. The molecule has 2 aromatic carbocycles. The summed E-state index contributed by atoms with van der Waals surface area (Å²) < 4.78 is 43.3. The van der Waals surface area contributed by atoms with Crippen LogP contribution in [-0.4, -0.2) is 47.2 Å². The monoisotopic (exact) mass is 532 g/mol. The fourth-order valence-electron chi connectivity index (χ4n) is 4.07. The number of anilines is 2. The fourth-order valence-corrected chi connectivity index (χ4v) is 4.52. The minimum atomic E-state index is -1.24. The van der Waals surface area contributed by atoms with Crippen molar-refractivity contribution >= 4 is 39.9 Å². The third-order valence-corrected chi connectivity index (χ3v) is 6.40. The summed E-state index contributed by atoms with van der Waals surface area (Å²) in [5, 5.41) is 14.5. The second kappa shape index (κ2) is 8.35. The third kappa shape index (κ3) is 4.02. The van der Waals surface area contributed by atoms with Gasteiger partial charge >= 0.3 is 0 Å². The van der Waals surface area contributed by atoms with Crippen LogP contribution in [0.1, 0.15) is 29.6 Å². The first-order valence-electron chi connectivity index (χ1n) is 9.76. The van der Waals surface area contributed by atoms with Gasteiger partial charge in [-0.1, -0.05) is 6.42 Å². The van der Waals surface area contributed by atoms with E-state index in [4.69, 9.17) is 5.11 Å². The average molecular weight is 532 g/mol. The van der Waals surface area contributed by atoms with E-state index in [0.29, 0.717) is 3.57 Å². The van der Waals surface area contributed by atoms with Crippen LogP contribution in [0.2, 0.25) is 0 Å². The summed E-state index contributed by atoms with van der Waals surface area (Å²) in [5.41, 5.74) is -1.34. The molecule has 4 rings (SSSR count). The summed E-state index contributed by atoms with van der Waals surface area (Å²) in [6.45, 7) is 1.28. The number of rotatable bonds is 4. The molecule has 1 unspecified atom stereocenters. The predicted octanol–water partition coefficient (Wildman–Crippen LogP) is 3.51. The normalized spacial score (nSPS) is 20.6. The molecule has 9 heteroatoms. The van der Waals surface area contributed by atoms with Gasteiger partial charge in [-0.15, -0.1) is 0 Å². The van der Waals surface area contributed by atoms with Gasteiger partial charge in [-0.25, -0.2) is 13.2 Å². The van der Waals surface area contributed by atoms with Gasteiger partial charge in [0.05, 0.1) is 36.1 Å². The van der Waals surface area contributed by atoms with Crippen molar-refractivity contribution in [3.05, 3.63) is 56.9 Å². The smallest absolute Gasteiger partial charge is 0.256 e. The number of likely N-dealkylation sites (tertiary alicyclic amines) is 1. The van der Waals surface area contributed by atoms with Crippen molar-refractivity contribution < 1.29 is 23.1 Å². The quantitative estimate of drug-likeness (QED) is 0.468. The maximum atomic E-state index is 14.6. The summed E-state index contributed by atoms with van der Waals surface area (Å²) in [7, 11) is 0. The Balaban J connectivity index is 1.57. The van der Waals surface area contributed by atoms with Crippen LogP contribution in [0.3, 0.4) is 0 Å². The Kier molecular flexibility index (Phi) is 5.95. The first-order valence-corrected chi connectivity index (χ1v) is 10.8. The minimum absolute atomic E-state index is 0.0127. The van der Waals surface area contributed by atoms with Crippen LogP contribution in [0.25, 0.3) is 0 Å². The molecule has 1 atom stereocenters. The van der Waals surface area contributed by atoms with Crippen LogP contribution in [-0.2, 0) is 0 Å². The summed E-state index contributed by atoms with van der Waals surface area (Å²) >= 11 is 1.94. The van der Waals surface area contributed by atoms with Crippen molar-refractivity contribution in [1.82, 2.24) is 10.2 Å². The fraction of sp³-hybridized carbons (Fsp3) is 0.381. The number of hydrogen-bond donors (Lipinski definition) is 2. The molecule has 2 aliphatic rings. The van der Waals surface area contributed by atoms with Crippen LogP contribution in [0.15, 0.2) is 30.3 Å². The van der Waals surface area contributed by atoms with Gasteiger partial charge in [0.2, 0.25) is 5.60 Å². The van der Waals surface area contributed by atoms with Crippen molar-refractivity contribution in [3.8, 4) is 0 Å². The Hall–Kier alpha value is -1.85. The number of carbonyl (C=O) groups excluding carboxylic acids is 1. The first-order chi connectivity index (χ1) is 14.3. The molecular weight excluding hydrogens is 510 g/mol. The molecule has 2 fully saturated rings. The number of halogens is 4. The number of nitrogens with zero attached hydrogens (tertiary/aromatic N) is 1. The maximum absolute atomic E-state index is 14.6. The van der Waals surface area contributed by atoms with Gasteiger partial charge in [0.15, 0.2) is 11.6 Å². The SMILES string of the molecule is O=C(c1ccc(F)c(F)c1Nc1ccc(I)cc1F)N1CC([OH2+])(C2CCCCN2)C1. The topological polar surface area (TPSA) is 67.3 Å². The van der Waals surface area contributed by atoms with E-state index in [9.17, 15) is 18.0 Å². The Morgan fingerprint density at radius 3 is 2.60 bits per heavy atom. The molecular formula is C21H22F3IN3O2+. The van der Waals surface area contributed by atoms with E-state index in [0.717, 1.165) is 31.9 Å². The maximum Gasteiger partial charge on any atom is 0.256 e. The lowest BCUT2D eigenvalue weighted by molar-refractivity contribution is -0.108. The van der Waals surface area contributed by atoms with Crippen molar-refractivity contribution in [2.45, 2.75) is 30.9 Å². The molecule has 0 bridgehead atoms. The molecule has 0 aromatic heterocycles. The van der Waals surface area contributed by atoms with Crippen LogP contribution in [0, 0.1) is 21.0 Å². The highest BCUT2D eigenvalue weighted by Crippen LogP contribution is 2.34. The molecule has 30 heavy (non-hydrogen) atoms. The third-order valence-electron chi connectivity index (χ3n) is 5.73. The van der Waals surface area contributed by atoms with Gasteiger partial charge in [-0.2, -0.15) is 0 Å². The summed E-state index contributed by atoms with van der Waals surface area (Å²) in [4.78, 5) is 14.5. The lowest BCUT2D eigenvalue weighted by atomic mass is 9.81. The molecule has 2 saturated heterocycles. The summed E-state index contributed by atoms with van der Waals surface area (Å²) in [5.74, 6) is -3.53. The molecule has 160 valence electrons. The lowest BCUT2D eigenvalue weighted by Gasteiger charge is -2.48. The zero-order valence-corrected chi connectivity index (χ0v) is 18.2. The van der Waals surface area contributed by atoms with Crippen molar-refractivity contribution in [2.24, 2.45) is 0 Å². The van der Waals surface area contributed by atoms with Gasteiger partial charge < -0.3 is 20.6 Å². The van der Waals surface area contributed by atoms with Crippen LogP contribution in [0.5, 0.6) is 0 Å². The zero-order valence-electron chi connectivity index (χ0n) is 16.1. The number of piperidine rings is 1. The van der Waals surface area contributed by atoms with Crippen LogP contribution < -0.4 is 10.6 Å². The number of benzene rings is 2. The predicted molar refractivity (Wildman–Crippen MR) is 117 cm³/mol. The van der Waals surface area contributed by atoms with E-state index < -0.39 is 34.6 Å². The van der Waals surface area contributed by atoms with E-state index in [1.54, 1.807) is 6.07 Å². The van der Waals surface area contributed by atoms with E-state index in [1.165, 1.54) is 23.1 Å². The van der Waals surface area contributed by atoms with E-state index >= 15 is 0 Å². The van der Waals surface area contributed by atoms with Crippen LogP contribution >= 0.6 is 22.6 Å². The van der Waals surface area contributed by atoms with Crippen molar-refractivity contribution in [1.29, 1.82) is 0 Å². The standard InChI is InChI=1S/C21H21F3IN3O2/c22-14-6-5-13(19(18(14)24)27-16-7-4-12(25)9-15(16)23)20(29)28-10-21(30,11-28)17-3-1-2-8-26-17/h4-7,9,17,26-27,30H,1-3,8,10-11H2/p+1. The van der Waals surface area contributed by atoms with E-state index in [2.05, 4.69) is 10.6 Å². The largest absolute Gasteiger partial charge is 0.437 e. The molecule has 0 spiro atoms. The molecule has 5 nitrogen and oxygen atoms in total. The van der Waals surface area contributed by atoms with Crippen molar-refractivity contribution in [3.63, 3.8) is 0 Å². The summed E-state index contributed by atoms with van der Waals surface area (Å²) in [6, 6.07) is 6.36. The highest BCUT2D eigenvalue weighted by Gasteiger charge is 2.54. The first kappa shape index (κ1) is 21.4. The molecule has 2 heterocycles. The van der Waals surface area contributed by atoms with Gasteiger partial charge in [0.25, 0.3) is 5.91 Å². The average Bonchev–Trinajstić information content (AvgIpc) is 2.71. The second-order valence-corrected chi connectivity index (χ2v) is 9.10. The van der Waals surface area contributed by atoms with Gasteiger partial charge in [0, 0.05) is 3.57 Å². The Morgan fingerprint density at radius 1 is 1.17 bits per heavy atom. The minimum Gasteiger partial charge on any atom is -0.437 e. The zero-order chi connectivity index (χ0) is 21.5. The highest BCUT2D eigenvalue weighted by molar-refractivity contribution is 14.1. The number of amides is 1. The van der Waals surface area contributed by atoms with Crippen LogP contribution in [0.4, 0.5) is 24.5 Å². The Morgan fingerprint density at radius 2 is 1.93 bits per heavy atom. The Labute approximate surface area is 185 Å². The van der Waals surface area contributed by atoms with Gasteiger partial charge in [-0.3, -0.25) is 4.79 Å². The summed E-state index contributed by atoms with van der Waals surface area (Å²) in [6.07, 6.45) is 3.01. The van der Waals surface area contributed by atoms with Gasteiger partial charge in [0.1, 0.15) is 5.82 Å². The molecule has 2 aliphatic heterocycles. The molecule has 0 radical (unpaired) electrons. The molecule has 0 aliphatic carbocycles. The number of nitrogens with one attached hydrogen (secondary N) is 2. The lowest BCUT2D eigenvalue weighted by Crippen LogP contribution is -2.72. The van der Waals surface area contributed by atoms with E-state index in [-0.39, 0.29) is 30.4 Å². The molecule has 1 amide bonds. The molecule has 0 saturated carbocycles. The van der Waals surface area contributed by atoms with Gasteiger partial charge in [-0.05, 0) is 72.3 Å². The van der Waals surface area contributed by atoms with E-state index in [1.807, 2.05) is 22.6 Å². The Bertz CT molecular complexity index is 976.